The molecule has 2 aromatic rings. The molecule has 7 heteroatoms. The Morgan fingerprint density at radius 3 is 2.72 bits per heavy atom. The Balaban J connectivity index is 1.62. The van der Waals surface area contributed by atoms with Crippen molar-refractivity contribution in [1.82, 2.24) is 0 Å². The molecule has 2 aromatic carbocycles. The van der Waals surface area contributed by atoms with E-state index in [1.165, 1.54) is 0 Å². The van der Waals surface area contributed by atoms with Crippen LogP contribution < -0.4 is 18.9 Å². The summed E-state index contributed by atoms with van der Waals surface area (Å²) in [4.78, 5) is 16.6. The van der Waals surface area contributed by atoms with Crippen LogP contribution in [0, 0.1) is 0 Å². The van der Waals surface area contributed by atoms with Crippen molar-refractivity contribution in [2.75, 3.05) is 13.4 Å². The molecule has 2 heterocycles. The predicted octanol–water partition coefficient (Wildman–Crippen LogP) is 3.95. The second-order valence-corrected chi connectivity index (χ2v) is 6.71. The molecule has 4 rings (SSSR count). The van der Waals surface area contributed by atoms with Gasteiger partial charge in [0, 0.05) is 5.56 Å². The number of cyclic esters (lactones) is 1. The quantitative estimate of drug-likeness (QED) is 0.545. The number of esters is 1. The maximum Gasteiger partial charge on any atom is 0.363 e. The highest BCUT2D eigenvalue weighted by Gasteiger charge is 2.26. The molecule has 150 valence electrons. The Hall–Kier alpha value is -3.48. The maximum atomic E-state index is 12.3. The summed E-state index contributed by atoms with van der Waals surface area (Å²) in [6, 6.07) is 10.7. The van der Waals surface area contributed by atoms with Gasteiger partial charge in [0.15, 0.2) is 28.7 Å². The molecule has 0 radical (unpaired) electrons. The Bertz CT molecular complexity index is 1010. The van der Waals surface area contributed by atoms with Gasteiger partial charge in [-0.25, -0.2) is 9.79 Å². The Kier molecular flexibility index (Phi) is 5.12. The second-order valence-electron chi connectivity index (χ2n) is 6.71. The average Bonchev–Trinajstić information content (AvgIpc) is 3.30. The molecule has 0 atom stereocenters. The minimum Gasteiger partial charge on any atom is -0.490 e. The van der Waals surface area contributed by atoms with E-state index in [-0.39, 0.29) is 24.5 Å². The summed E-state index contributed by atoms with van der Waals surface area (Å²) in [5.74, 6) is 2.23. The molecule has 0 saturated carbocycles. The number of carbonyl (C=O) groups excluding carboxylic acids is 1. The van der Waals surface area contributed by atoms with Gasteiger partial charge < -0.3 is 23.7 Å². The van der Waals surface area contributed by atoms with Gasteiger partial charge in [-0.15, -0.1) is 0 Å². The summed E-state index contributed by atoms with van der Waals surface area (Å²) in [6.07, 6.45) is 1.68. The number of ether oxygens (including phenoxy) is 5. The molecule has 0 aliphatic carbocycles. The van der Waals surface area contributed by atoms with Crippen molar-refractivity contribution < 1.29 is 28.5 Å². The molecule has 0 N–H and O–H groups in total. The molecule has 0 fully saturated rings. The van der Waals surface area contributed by atoms with Gasteiger partial charge >= 0.3 is 5.97 Å². The smallest absolute Gasteiger partial charge is 0.363 e. The van der Waals surface area contributed by atoms with E-state index < -0.39 is 5.97 Å². The Morgan fingerprint density at radius 2 is 1.93 bits per heavy atom. The average molecular weight is 395 g/mol. The van der Waals surface area contributed by atoms with E-state index in [0.717, 1.165) is 5.56 Å². The van der Waals surface area contributed by atoms with Crippen LogP contribution in [0.15, 0.2) is 47.1 Å². The van der Waals surface area contributed by atoms with Crippen LogP contribution in [0.25, 0.3) is 6.08 Å². The lowest BCUT2D eigenvalue weighted by Gasteiger charge is -2.14. The molecule has 7 nitrogen and oxygen atoms in total. The third kappa shape index (κ3) is 4.03. The van der Waals surface area contributed by atoms with Crippen LogP contribution in [0.2, 0.25) is 0 Å². The first-order valence-electron chi connectivity index (χ1n) is 9.39. The summed E-state index contributed by atoms with van der Waals surface area (Å²) in [5.41, 5.74) is 1.60. The number of hydrogen-bond donors (Lipinski definition) is 0. The number of rotatable bonds is 6. The zero-order chi connectivity index (χ0) is 20.4. The number of aliphatic imine (C=N–C) groups is 1. The van der Waals surface area contributed by atoms with Gasteiger partial charge in [0.05, 0.1) is 12.7 Å². The summed E-state index contributed by atoms with van der Waals surface area (Å²) < 4.78 is 27.4. The number of fused-ring (bicyclic) bond motifs is 1. The predicted molar refractivity (Wildman–Crippen MR) is 107 cm³/mol. The minimum atomic E-state index is -0.516. The Labute approximate surface area is 168 Å². The van der Waals surface area contributed by atoms with Crippen molar-refractivity contribution in [1.29, 1.82) is 0 Å². The van der Waals surface area contributed by atoms with Crippen molar-refractivity contribution in [2.24, 2.45) is 4.99 Å². The number of nitrogens with zero attached hydrogens (tertiary/aromatic N) is 1. The molecular weight excluding hydrogens is 374 g/mol. The van der Waals surface area contributed by atoms with E-state index in [2.05, 4.69) is 4.99 Å². The summed E-state index contributed by atoms with van der Waals surface area (Å²) in [6.45, 7) is 6.48. The van der Waals surface area contributed by atoms with Crippen LogP contribution in [0.3, 0.4) is 0 Å². The molecule has 29 heavy (non-hydrogen) atoms. The van der Waals surface area contributed by atoms with Crippen LogP contribution in [0.5, 0.6) is 23.0 Å². The number of benzene rings is 2. The van der Waals surface area contributed by atoms with Crippen molar-refractivity contribution in [3.05, 3.63) is 53.2 Å². The Morgan fingerprint density at radius 1 is 1.10 bits per heavy atom. The zero-order valence-corrected chi connectivity index (χ0v) is 16.4. The minimum absolute atomic E-state index is 0.0251. The van der Waals surface area contributed by atoms with Crippen LogP contribution in [-0.2, 0) is 9.53 Å². The molecule has 0 spiro atoms. The fourth-order valence-electron chi connectivity index (χ4n) is 2.95. The third-order valence-electron chi connectivity index (χ3n) is 4.17. The third-order valence-corrected chi connectivity index (χ3v) is 4.17. The largest absolute Gasteiger partial charge is 0.490 e. The lowest BCUT2D eigenvalue weighted by atomic mass is 10.1. The van der Waals surface area contributed by atoms with Gasteiger partial charge in [0.1, 0.15) is 0 Å². The summed E-state index contributed by atoms with van der Waals surface area (Å²) in [7, 11) is 0. The summed E-state index contributed by atoms with van der Waals surface area (Å²) >= 11 is 0. The van der Waals surface area contributed by atoms with Gasteiger partial charge in [-0.3, -0.25) is 0 Å². The first-order valence-corrected chi connectivity index (χ1v) is 9.39. The lowest BCUT2D eigenvalue weighted by molar-refractivity contribution is -0.129. The van der Waals surface area contributed by atoms with E-state index in [9.17, 15) is 4.79 Å². The van der Waals surface area contributed by atoms with Gasteiger partial charge in [-0.05, 0) is 62.7 Å². The molecule has 0 aromatic heterocycles. The number of hydrogen-bond acceptors (Lipinski definition) is 7. The highest BCUT2D eigenvalue weighted by molar-refractivity contribution is 6.13. The van der Waals surface area contributed by atoms with Gasteiger partial charge in [0.2, 0.25) is 12.7 Å². The summed E-state index contributed by atoms with van der Waals surface area (Å²) in [5, 5.41) is 0. The zero-order valence-electron chi connectivity index (χ0n) is 16.4. The van der Waals surface area contributed by atoms with Crippen LogP contribution in [0.4, 0.5) is 0 Å². The fourth-order valence-corrected chi connectivity index (χ4v) is 2.95. The second kappa shape index (κ2) is 7.87. The topological polar surface area (TPSA) is 75.6 Å². The lowest BCUT2D eigenvalue weighted by Crippen LogP contribution is -2.07. The molecule has 0 unspecified atom stereocenters. The highest BCUT2D eigenvalue weighted by Crippen LogP contribution is 2.34. The molecule has 0 saturated heterocycles. The normalized spacial score (nSPS) is 16.2. The van der Waals surface area contributed by atoms with Crippen molar-refractivity contribution >= 4 is 17.9 Å². The molecular formula is C22H21NO6. The van der Waals surface area contributed by atoms with E-state index in [4.69, 9.17) is 23.7 Å². The SMILES string of the molecule is CCOc1cc(C=C2N=C(c3ccc4c(c3)OCO4)OC2=O)ccc1OC(C)C. The molecule has 2 aliphatic heterocycles. The first kappa shape index (κ1) is 18.9. The monoisotopic (exact) mass is 395 g/mol. The number of carbonyl (C=O) groups is 1. The van der Waals surface area contributed by atoms with Crippen molar-refractivity contribution in [2.45, 2.75) is 26.9 Å². The fraction of sp³-hybridized carbons (Fsp3) is 0.273. The maximum absolute atomic E-state index is 12.3. The van der Waals surface area contributed by atoms with E-state index in [1.54, 1.807) is 24.3 Å². The standard InChI is InChI=1S/C22H21NO6/c1-4-25-19-10-14(5-7-18(19)28-13(2)3)9-16-22(24)29-21(23-16)15-6-8-17-20(11-15)27-12-26-17/h5-11,13H,4,12H2,1-3H3. The van der Waals surface area contributed by atoms with Crippen LogP contribution >= 0.6 is 0 Å². The van der Waals surface area contributed by atoms with Crippen LogP contribution in [-0.4, -0.2) is 31.4 Å². The molecule has 0 bridgehead atoms. The van der Waals surface area contributed by atoms with Crippen LogP contribution in [0.1, 0.15) is 31.9 Å². The van der Waals surface area contributed by atoms with E-state index in [1.807, 2.05) is 39.0 Å². The molecule has 2 aliphatic rings. The van der Waals surface area contributed by atoms with Crippen molar-refractivity contribution in [3.63, 3.8) is 0 Å². The highest BCUT2D eigenvalue weighted by atomic mass is 16.7. The molecule has 0 amide bonds. The van der Waals surface area contributed by atoms with Crippen molar-refractivity contribution in [3.8, 4) is 23.0 Å². The van der Waals surface area contributed by atoms with Gasteiger partial charge in [-0.1, -0.05) is 6.07 Å². The van der Waals surface area contributed by atoms with E-state index >= 15 is 0 Å². The van der Waals surface area contributed by atoms with E-state index in [0.29, 0.717) is 35.2 Å². The first-order chi connectivity index (χ1) is 14.0. The van der Waals surface area contributed by atoms with Gasteiger partial charge in [0.25, 0.3) is 0 Å². The van der Waals surface area contributed by atoms with Gasteiger partial charge in [-0.2, -0.15) is 0 Å².